The van der Waals surface area contributed by atoms with Crippen molar-refractivity contribution in [1.82, 2.24) is 10.2 Å². The van der Waals surface area contributed by atoms with Crippen LogP contribution >= 0.6 is 0 Å². The molecule has 1 aromatic heterocycles. The highest BCUT2D eigenvalue weighted by Crippen LogP contribution is 2.29. The SMILES string of the molecule is Nc1[nH]ncc1C(O)c1ccc(OC2CC2)cc1. The van der Waals surface area contributed by atoms with Gasteiger partial charge in [0.15, 0.2) is 0 Å². The lowest BCUT2D eigenvalue weighted by molar-refractivity contribution is 0.221. The van der Waals surface area contributed by atoms with Crippen molar-refractivity contribution in [1.29, 1.82) is 0 Å². The number of ether oxygens (including phenoxy) is 1. The van der Waals surface area contributed by atoms with E-state index in [2.05, 4.69) is 10.2 Å². The largest absolute Gasteiger partial charge is 0.490 e. The van der Waals surface area contributed by atoms with Crippen molar-refractivity contribution >= 4 is 5.82 Å². The Labute approximate surface area is 105 Å². The summed E-state index contributed by atoms with van der Waals surface area (Å²) >= 11 is 0. The molecule has 0 saturated heterocycles. The third-order valence-electron chi connectivity index (χ3n) is 3.02. The van der Waals surface area contributed by atoms with Crippen molar-refractivity contribution in [2.75, 3.05) is 5.73 Å². The second-order valence-corrected chi connectivity index (χ2v) is 4.53. The molecule has 1 saturated carbocycles. The van der Waals surface area contributed by atoms with E-state index in [9.17, 15) is 5.11 Å². The third kappa shape index (κ3) is 2.17. The highest BCUT2D eigenvalue weighted by atomic mass is 16.5. The number of H-pyrrole nitrogens is 1. The number of hydrogen-bond donors (Lipinski definition) is 3. The monoisotopic (exact) mass is 245 g/mol. The Balaban J connectivity index is 1.77. The molecule has 94 valence electrons. The molecule has 0 spiro atoms. The Kier molecular flexibility index (Phi) is 2.68. The molecule has 18 heavy (non-hydrogen) atoms. The fourth-order valence-electron chi connectivity index (χ4n) is 1.81. The summed E-state index contributed by atoms with van der Waals surface area (Å²) in [6, 6.07) is 7.42. The highest BCUT2D eigenvalue weighted by Gasteiger charge is 2.23. The smallest absolute Gasteiger partial charge is 0.125 e. The number of nitrogens with two attached hydrogens (primary N) is 1. The quantitative estimate of drug-likeness (QED) is 0.764. The standard InChI is InChI=1S/C13H15N3O2/c14-13-11(7-15-16-13)12(17)8-1-3-9(4-2-8)18-10-5-6-10/h1-4,7,10,12,17H,5-6H2,(H3,14,15,16). The molecule has 4 N–H and O–H groups in total. The fraction of sp³-hybridized carbons (Fsp3) is 0.308. The molecule has 5 nitrogen and oxygen atoms in total. The zero-order valence-electron chi connectivity index (χ0n) is 9.84. The molecule has 0 amide bonds. The van der Waals surface area contributed by atoms with Crippen LogP contribution in [0.1, 0.15) is 30.1 Å². The second-order valence-electron chi connectivity index (χ2n) is 4.53. The Morgan fingerprint density at radius 1 is 1.33 bits per heavy atom. The summed E-state index contributed by atoms with van der Waals surface area (Å²) in [5.74, 6) is 1.23. The average Bonchev–Trinajstić information content (AvgIpc) is 3.09. The first-order chi connectivity index (χ1) is 8.74. The van der Waals surface area contributed by atoms with Crippen LogP contribution in [0.3, 0.4) is 0 Å². The van der Waals surface area contributed by atoms with Crippen molar-refractivity contribution in [2.24, 2.45) is 0 Å². The average molecular weight is 245 g/mol. The van der Waals surface area contributed by atoms with Crippen LogP contribution in [0.25, 0.3) is 0 Å². The number of nitrogens with one attached hydrogen (secondary N) is 1. The first-order valence-corrected chi connectivity index (χ1v) is 5.97. The van der Waals surface area contributed by atoms with Crippen LogP contribution in [0.15, 0.2) is 30.5 Å². The molecule has 1 aliphatic carbocycles. The van der Waals surface area contributed by atoms with Crippen LogP contribution in [-0.2, 0) is 0 Å². The molecular formula is C13H15N3O2. The Morgan fingerprint density at radius 2 is 2.06 bits per heavy atom. The van der Waals surface area contributed by atoms with E-state index < -0.39 is 6.10 Å². The predicted molar refractivity (Wildman–Crippen MR) is 67.2 cm³/mol. The summed E-state index contributed by atoms with van der Waals surface area (Å²) in [5.41, 5.74) is 7.04. The van der Waals surface area contributed by atoms with Gasteiger partial charge >= 0.3 is 0 Å². The normalized spacial score (nSPS) is 16.5. The Bertz CT molecular complexity index is 531. The molecule has 2 aromatic rings. The summed E-state index contributed by atoms with van der Waals surface area (Å²) in [6.45, 7) is 0. The Morgan fingerprint density at radius 3 is 2.61 bits per heavy atom. The number of hydrogen-bond acceptors (Lipinski definition) is 4. The first kappa shape index (κ1) is 11.1. The number of aromatic nitrogens is 2. The zero-order valence-corrected chi connectivity index (χ0v) is 9.84. The van der Waals surface area contributed by atoms with Gasteiger partial charge in [0.2, 0.25) is 0 Å². The number of aromatic amines is 1. The number of anilines is 1. The summed E-state index contributed by atoms with van der Waals surface area (Å²) in [5, 5.41) is 16.6. The maximum Gasteiger partial charge on any atom is 0.125 e. The van der Waals surface area contributed by atoms with Gasteiger partial charge in [-0.2, -0.15) is 5.10 Å². The van der Waals surface area contributed by atoms with Gasteiger partial charge < -0.3 is 15.6 Å². The topological polar surface area (TPSA) is 84.2 Å². The van der Waals surface area contributed by atoms with Gasteiger partial charge in [0, 0.05) is 5.56 Å². The van der Waals surface area contributed by atoms with Crippen molar-refractivity contribution in [2.45, 2.75) is 25.0 Å². The van der Waals surface area contributed by atoms with Gasteiger partial charge in [0.05, 0.1) is 12.3 Å². The lowest BCUT2D eigenvalue weighted by Crippen LogP contribution is -2.02. The minimum Gasteiger partial charge on any atom is -0.490 e. The summed E-state index contributed by atoms with van der Waals surface area (Å²) in [7, 11) is 0. The Hall–Kier alpha value is -2.01. The molecule has 1 fully saturated rings. The summed E-state index contributed by atoms with van der Waals surface area (Å²) < 4.78 is 5.65. The van der Waals surface area contributed by atoms with E-state index in [-0.39, 0.29) is 0 Å². The molecule has 1 atom stereocenters. The molecule has 1 aromatic carbocycles. The molecule has 0 radical (unpaired) electrons. The molecule has 1 unspecified atom stereocenters. The summed E-state index contributed by atoms with van der Waals surface area (Å²) in [6.07, 6.45) is 3.42. The second kappa shape index (κ2) is 4.34. The van der Waals surface area contributed by atoms with Crippen molar-refractivity contribution in [3.8, 4) is 5.75 Å². The number of rotatable bonds is 4. The number of benzene rings is 1. The van der Waals surface area contributed by atoms with Gasteiger partial charge in [-0.15, -0.1) is 0 Å². The van der Waals surface area contributed by atoms with Crippen molar-refractivity contribution in [3.63, 3.8) is 0 Å². The van der Waals surface area contributed by atoms with Crippen molar-refractivity contribution < 1.29 is 9.84 Å². The minimum atomic E-state index is -0.765. The van der Waals surface area contributed by atoms with E-state index in [1.807, 2.05) is 24.3 Å². The van der Waals surface area contributed by atoms with Crippen molar-refractivity contribution in [3.05, 3.63) is 41.6 Å². The van der Waals surface area contributed by atoms with E-state index in [0.29, 0.717) is 17.5 Å². The van der Waals surface area contributed by atoms with Gasteiger partial charge in [-0.1, -0.05) is 12.1 Å². The summed E-state index contributed by atoms with van der Waals surface area (Å²) in [4.78, 5) is 0. The van der Waals surface area contributed by atoms with E-state index in [4.69, 9.17) is 10.5 Å². The fourth-order valence-corrected chi connectivity index (χ4v) is 1.81. The third-order valence-corrected chi connectivity index (χ3v) is 3.02. The van der Waals surface area contributed by atoms with Crippen LogP contribution in [-0.4, -0.2) is 21.4 Å². The lowest BCUT2D eigenvalue weighted by Gasteiger charge is -2.11. The van der Waals surface area contributed by atoms with E-state index in [1.54, 1.807) is 0 Å². The molecule has 5 heteroatoms. The van der Waals surface area contributed by atoms with Gasteiger partial charge in [-0.25, -0.2) is 0 Å². The number of aliphatic hydroxyl groups excluding tert-OH is 1. The molecule has 1 aliphatic rings. The highest BCUT2D eigenvalue weighted by molar-refractivity contribution is 5.43. The molecular weight excluding hydrogens is 230 g/mol. The van der Waals surface area contributed by atoms with Crippen LogP contribution in [0.5, 0.6) is 5.75 Å². The maximum absolute atomic E-state index is 10.2. The molecule has 1 heterocycles. The lowest BCUT2D eigenvalue weighted by atomic mass is 10.0. The number of aliphatic hydroxyl groups is 1. The minimum absolute atomic E-state index is 0.380. The number of nitrogens with zero attached hydrogens (tertiary/aromatic N) is 1. The van der Waals surface area contributed by atoms with E-state index in [1.165, 1.54) is 6.20 Å². The maximum atomic E-state index is 10.2. The van der Waals surface area contributed by atoms with Crippen LogP contribution in [0.2, 0.25) is 0 Å². The van der Waals surface area contributed by atoms with Crippen LogP contribution in [0.4, 0.5) is 5.82 Å². The predicted octanol–water partition coefficient (Wildman–Crippen LogP) is 1.61. The van der Waals surface area contributed by atoms with Crippen LogP contribution in [0, 0.1) is 0 Å². The van der Waals surface area contributed by atoms with Gasteiger partial charge in [0.1, 0.15) is 17.7 Å². The van der Waals surface area contributed by atoms with E-state index in [0.717, 1.165) is 24.2 Å². The first-order valence-electron chi connectivity index (χ1n) is 5.97. The molecule has 0 bridgehead atoms. The van der Waals surface area contributed by atoms with Gasteiger partial charge in [-0.05, 0) is 30.5 Å². The number of nitrogen functional groups attached to an aromatic ring is 1. The van der Waals surface area contributed by atoms with E-state index >= 15 is 0 Å². The van der Waals surface area contributed by atoms with Gasteiger partial charge in [-0.3, -0.25) is 5.10 Å². The zero-order chi connectivity index (χ0) is 12.5. The molecule has 3 rings (SSSR count). The van der Waals surface area contributed by atoms with Gasteiger partial charge in [0.25, 0.3) is 0 Å². The molecule has 0 aliphatic heterocycles. The van der Waals surface area contributed by atoms with Crippen LogP contribution < -0.4 is 10.5 Å².